The third kappa shape index (κ3) is 2.93. The molecule has 20 heavy (non-hydrogen) atoms. The van der Waals surface area contributed by atoms with Crippen LogP contribution in [0.1, 0.15) is 36.5 Å². The van der Waals surface area contributed by atoms with Gasteiger partial charge in [-0.1, -0.05) is 0 Å². The van der Waals surface area contributed by atoms with Gasteiger partial charge >= 0.3 is 5.97 Å². The number of aromatic nitrogens is 2. The number of primary amides is 1. The molecule has 110 valence electrons. The van der Waals surface area contributed by atoms with E-state index >= 15 is 0 Å². The Morgan fingerprint density at radius 3 is 2.80 bits per heavy atom. The molecule has 1 aromatic heterocycles. The van der Waals surface area contributed by atoms with Crippen LogP contribution in [0.5, 0.6) is 0 Å². The number of ether oxygens (including phenoxy) is 2. The molecule has 9 heteroatoms. The maximum absolute atomic E-state index is 11.2. The molecule has 2 rings (SSSR count). The second kappa shape index (κ2) is 5.80. The average molecular weight is 347 g/mol. The molecule has 0 saturated carbocycles. The highest BCUT2D eigenvalue weighted by atomic mass is 79.9. The Kier molecular flexibility index (Phi) is 4.29. The summed E-state index contributed by atoms with van der Waals surface area (Å²) < 4.78 is 12.6. The minimum atomic E-state index is -0.698. The molecule has 1 aromatic rings. The maximum atomic E-state index is 11.2. The second-order valence-electron chi connectivity index (χ2n) is 4.44. The van der Waals surface area contributed by atoms with Gasteiger partial charge < -0.3 is 20.9 Å². The van der Waals surface area contributed by atoms with Crippen molar-refractivity contribution in [3.8, 4) is 0 Å². The van der Waals surface area contributed by atoms with Crippen LogP contribution in [0.15, 0.2) is 4.73 Å². The van der Waals surface area contributed by atoms with E-state index in [9.17, 15) is 9.59 Å². The maximum Gasteiger partial charge on any atom is 0.302 e. The molecular weight excluding hydrogens is 332 g/mol. The Morgan fingerprint density at radius 2 is 2.25 bits per heavy atom. The van der Waals surface area contributed by atoms with E-state index in [1.807, 2.05) is 0 Å². The van der Waals surface area contributed by atoms with E-state index in [4.69, 9.17) is 20.9 Å². The van der Waals surface area contributed by atoms with E-state index in [1.54, 1.807) is 4.57 Å². The number of carbonyl (C=O) groups excluding carboxylic acids is 2. The van der Waals surface area contributed by atoms with Gasteiger partial charge in [-0.3, -0.25) is 14.2 Å². The van der Waals surface area contributed by atoms with Crippen LogP contribution in [-0.4, -0.2) is 34.1 Å². The summed E-state index contributed by atoms with van der Waals surface area (Å²) in [4.78, 5) is 25.9. The van der Waals surface area contributed by atoms with Crippen LogP contribution in [0.2, 0.25) is 0 Å². The van der Waals surface area contributed by atoms with E-state index in [1.165, 1.54) is 6.92 Å². The lowest BCUT2D eigenvalue weighted by atomic mass is 10.2. The van der Waals surface area contributed by atoms with E-state index in [2.05, 4.69) is 20.9 Å². The summed E-state index contributed by atoms with van der Waals surface area (Å²) in [7, 11) is 0. The zero-order valence-corrected chi connectivity index (χ0v) is 12.4. The number of imidazole rings is 1. The van der Waals surface area contributed by atoms with Crippen molar-refractivity contribution in [1.29, 1.82) is 0 Å². The Morgan fingerprint density at radius 1 is 1.55 bits per heavy atom. The van der Waals surface area contributed by atoms with Gasteiger partial charge in [-0.2, -0.15) is 0 Å². The fourth-order valence-electron chi connectivity index (χ4n) is 2.08. The molecule has 0 aromatic carbocycles. The number of esters is 1. The van der Waals surface area contributed by atoms with Crippen LogP contribution in [0.3, 0.4) is 0 Å². The molecule has 2 atom stereocenters. The number of carbonyl (C=O) groups is 2. The Balaban J connectivity index is 2.10. The number of amides is 1. The highest BCUT2D eigenvalue weighted by Crippen LogP contribution is 2.34. The van der Waals surface area contributed by atoms with E-state index < -0.39 is 5.91 Å². The number of hydrogen-bond donors (Lipinski definition) is 2. The molecule has 1 saturated heterocycles. The van der Waals surface area contributed by atoms with Gasteiger partial charge in [0.25, 0.3) is 5.91 Å². The zero-order chi connectivity index (χ0) is 14.9. The van der Waals surface area contributed by atoms with E-state index in [0.717, 1.165) is 0 Å². The smallest absolute Gasteiger partial charge is 0.302 e. The van der Waals surface area contributed by atoms with Crippen molar-refractivity contribution in [2.45, 2.75) is 32.1 Å². The van der Waals surface area contributed by atoms with Gasteiger partial charge in [0, 0.05) is 6.92 Å². The molecule has 0 bridgehead atoms. The first-order valence-electron chi connectivity index (χ1n) is 6.02. The first-order chi connectivity index (χ1) is 9.40. The van der Waals surface area contributed by atoms with Crippen molar-refractivity contribution in [1.82, 2.24) is 9.55 Å². The number of anilines is 1. The lowest BCUT2D eigenvalue weighted by Gasteiger charge is -2.16. The molecule has 1 fully saturated rings. The summed E-state index contributed by atoms with van der Waals surface area (Å²) in [5.41, 5.74) is 11.1. The number of rotatable bonds is 4. The van der Waals surface area contributed by atoms with Crippen LogP contribution in [0, 0.1) is 0 Å². The lowest BCUT2D eigenvalue weighted by molar-refractivity contribution is -0.145. The van der Waals surface area contributed by atoms with Crippen LogP contribution in [0.4, 0.5) is 5.82 Å². The SMILES string of the molecule is CC(=O)OC[C@@H]1CC[C@H](n2c(Br)nc(C(N)=O)c2N)O1. The zero-order valence-electron chi connectivity index (χ0n) is 10.8. The van der Waals surface area contributed by atoms with Crippen molar-refractivity contribution < 1.29 is 19.1 Å². The van der Waals surface area contributed by atoms with Gasteiger partial charge in [-0.05, 0) is 28.8 Å². The largest absolute Gasteiger partial charge is 0.463 e. The Bertz CT molecular complexity index is 545. The molecule has 0 unspecified atom stereocenters. The summed E-state index contributed by atoms with van der Waals surface area (Å²) >= 11 is 3.23. The first kappa shape index (κ1) is 14.8. The van der Waals surface area contributed by atoms with Crippen LogP contribution in [0.25, 0.3) is 0 Å². The molecule has 0 aliphatic carbocycles. The fraction of sp³-hybridized carbons (Fsp3) is 0.545. The molecule has 1 aliphatic rings. The van der Waals surface area contributed by atoms with Crippen molar-refractivity contribution in [2.24, 2.45) is 5.73 Å². The van der Waals surface area contributed by atoms with Crippen molar-refractivity contribution >= 4 is 33.6 Å². The van der Waals surface area contributed by atoms with Crippen molar-refractivity contribution in [3.63, 3.8) is 0 Å². The summed E-state index contributed by atoms with van der Waals surface area (Å²) in [6, 6.07) is 0. The highest BCUT2D eigenvalue weighted by Gasteiger charge is 2.31. The second-order valence-corrected chi connectivity index (χ2v) is 5.15. The summed E-state index contributed by atoms with van der Waals surface area (Å²) in [5.74, 6) is -0.893. The molecule has 1 amide bonds. The highest BCUT2D eigenvalue weighted by molar-refractivity contribution is 9.10. The lowest BCUT2D eigenvalue weighted by Crippen LogP contribution is -2.19. The monoisotopic (exact) mass is 346 g/mol. The normalized spacial score (nSPS) is 21.9. The third-order valence-electron chi connectivity index (χ3n) is 2.98. The van der Waals surface area contributed by atoms with Gasteiger partial charge in [0.05, 0.1) is 6.10 Å². The average Bonchev–Trinajstić information content (AvgIpc) is 2.91. The molecule has 4 N–H and O–H groups in total. The number of halogens is 1. The fourth-order valence-corrected chi connectivity index (χ4v) is 2.68. The van der Waals surface area contributed by atoms with Crippen LogP contribution < -0.4 is 11.5 Å². The quantitative estimate of drug-likeness (QED) is 0.768. The minimum Gasteiger partial charge on any atom is -0.463 e. The summed E-state index contributed by atoms with van der Waals surface area (Å²) in [6.07, 6.45) is 0.817. The van der Waals surface area contributed by atoms with Gasteiger partial charge in [0.2, 0.25) is 0 Å². The van der Waals surface area contributed by atoms with E-state index in [-0.39, 0.29) is 36.4 Å². The molecular formula is C11H15BrN4O4. The predicted molar refractivity (Wildman–Crippen MR) is 72.6 cm³/mol. The number of hydrogen-bond acceptors (Lipinski definition) is 6. The minimum absolute atomic E-state index is 0.00362. The Labute approximate surface area is 123 Å². The summed E-state index contributed by atoms with van der Waals surface area (Å²) in [5, 5.41) is 0. The van der Waals surface area contributed by atoms with Gasteiger partial charge in [-0.15, -0.1) is 0 Å². The number of nitrogen functional groups attached to an aromatic ring is 1. The van der Waals surface area contributed by atoms with Crippen molar-refractivity contribution in [3.05, 3.63) is 10.4 Å². The first-order valence-corrected chi connectivity index (χ1v) is 6.81. The van der Waals surface area contributed by atoms with Crippen LogP contribution in [-0.2, 0) is 14.3 Å². The van der Waals surface area contributed by atoms with Crippen molar-refractivity contribution in [2.75, 3.05) is 12.3 Å². The van der Waals surface area contributed by atoms with Gasteiger partial charge in [-0.25, -0.2) is 4.98 Å². The Hall–Kier alpha value is -1.61. The number of nitrogens with zero attached hydrogens (tertiary/aromatic N) is 2. The molecule has 0 radical (unpaired) electrons. The topological polar surface area (TPSA) is 122 Å². The predicted octanol–water partition coefficient (Wildman–Crippen LogP) is 0.567. The van der Waals surface area contributed by atoms with Gasteiger partial charge in [0.1, 0.15) is 18.7 Å². The van der Waals surface area contributed by atoms with Gasteiger partial charge in [0.15, 0.2) is 10.4 Å². The molecule has 2 heterocycles. The standard InChI is InChI=1S/C11H15BrN4O4/c1-5(17)19-4-6-2-3-7(20-6)16-9(13)8(10(14)18)15-11(16)12/h6-7H,2-4,13H2,1H3,(H2,14,18)/t6-,7+/m0/s1. The molecule has 0 spiro atoms. The third-order valence-corrected chi connectivity index (χ3v) is 3.54. The summed E-state index contributed by atoms with van der Waals surface area (Å²) in [6.45, 7) is 1.54. The van der Waals surface area contributed by atoms with E-state index in [0.29, 0.717) is 17.6 Å². The molecule has 8 nitrogen and oxygen atoms in total. The van der Waals surface area contributed by atoms with Crippen LogP contribution >= 0.6 is 15.9 Å². The molecule has 1 aliphatic heterocycles. The number of nitrogens with two attached hydrogens (primary N) is 2.